The highest BCUT2D eigenvalue weighted by atomic mass is 35.5. The Labute approximate surface area is 200 Å². The van der Waals surface area contributed by atoms with Gasteiger partial charge in [-0.25, -0.2) is 0 Å². The van der Waals surface area contributed by atoms with Gasteiger partial charge in [-0.3, -0.25) is 9.59 Å². The molecule has 0 bridgehead atoms. The van der Waals surface area contributed by atoms with Crippen molar-refractivity contribution >= 4 is 56.6 Å². The zero-order valence-electron chi connectivity index (χ0n) is 17.9. The number of halogens is 2. The maximum absolute atomic E-state index is 12.9. The molecule has 170 valence electrons. The lowest BCUT2D eigenvalue weighted by molar-refractivity contribution is -0.143. The molecule has 0 aliphatic carbocycles. The minimum Gasteiger partial charge on any atom is -0.494 e. The van der Waals surface area contributed by atoms with Crippen molar-refractivity contribution in [3.63, 3.8) is 0 Å². The van der Waals surface area contributed by atoms with Crippen LogP contribution in [0.3, 0.4) is 0 Å². The van der Waals surface area contributed by atoms with Gasteiger partial charge in [-0.05, 0) is 43.7 Å². The second-order valence-electron chi connectivity index (χ2n) is 7.01. The Balaban J connectivity index is 1.97. The van der Waals surface area contributed by atoms with Crippen LogP contribution in [0.5, 0.6) is 5.75 Å². The summed E-state index contributed by atoms with van der Waals surface area (Å²) in [5.41, 5.74) is 0.968. The van der Waals surface area contributed by atoms with Crippen molar-refractivity contribution in [2.75, 3.05) is 13.2 Å². The molecule has 0 saturated heterocycles. The summed E-state index contributed by atoms with van der Waals surface area (Å²) in [6.45, 7) is 4.58. The number of benzene rings is 2. The fourth-order valence-electron chi connectivity index (χ4n) is 3.11. The molecule has 1 heterocycles. The highest BCUT2D eigenvalue weighted by Gasteiger charge is 2.16. The smallest absolute Gasteiger partial charge is 0.326 e. The minimum atomic E-state index is -0.449. The Hall–Kier alpha value is -2.35. The predicted molar refractivity (Wildman–Crippen MR) is 128 cm³/mol. The van der Waals surface area contributed by atoms with Gasteiger partial charge in [0.05, 0.1) is 28.5 Å². The van der Waals surface area contributed by atoms with Crippen molar-refractivity contribution in [1.82, 2.24) is 4.57 Å². The lowest BCUT2D eigenvalue weighted by atomic mass is 10.2. The average molecular weight is 495 g/mol. The highest BCUT2D eigenvalue weighted by Crippen LogP contribution is 2.30. The number of rotatable bonds is 9. The van der Waals surface area contributed by atoms with Crippen LogP contribution in [0.2, 0.25) is 10.0 Å². The van der Waals surface area contributed by atoms with E-state index in [9.17, 15) is 9.59 Å². The van der Waals surface area contributed by atoms with Gasteiger partial charge < -0.3 is 14.0 Å². The van der Waals surface area contributed by atoms with E-state index in [0.717, 1.165) is 19.3 Å². The molecule has 9 heteroatoms. The number of nitrogens with zero attached hydrogens (tertiary/aromatic N) is 2. The van der Waals surface area contributed by atoms with E-state index in [1.54, 1.807) is 41.8 Å². The van der Waals surface area contributed by atoms with Crippen LogP contribution in [0.1, 0.15) is 43.5 Å². The molecule has 0 aliphatic rings. The van der Waals surface area contributed by atoms with E-state index in [1.807, 2.05) is 6.07 Å². The van der Waals surface area contributed by atoms with E-state index in [0.29, 0.717) is 43.0 Å². The van der Waals surface area contributed by atoms with E-state index in [2.05, 4.69) is 11.9 Å². The summed E-state index contributed by atoms with van der Waals surface area (Å²) >= 11 is 13.8. The first kappa shape index (κ1) is 24.3. The first-order chi connectivity index (χ1) is 15.4. The molecule has 0 spiro atoms. The van der Waals surface area contributed by atoms with Crippen LogP contribution in [0.15, 0.2) is 41.4 Å². The first-order valence-corrected chi connectivity index (χ1v) is 12.0. The van der Waals surface area contributed by atoms with Crippen LogP contribution in [-0.2, 0) is 16.1 Å². The van der Waals surface area contributed by atoms with Gasteiger partial charge in [0.2, 0.25) is 0 Å². The number of thiazole rings is 1. The number of esters is 1. The first-order valence-electron chi connectivity index (χ1n) is 10.4. The summed E-state index contributed by atoms with van der Waals surface area (Å²) in [6, 6.07) is 10.2. The Morgan fingerprint density at radius 2 is 1.94 bits per heavy atom. The van der Waals surface area contributed by atoms with Crippen LogP contribution >= 0.6 is 34.5 Å². The molecule has 0 saturated carbocycles. The Kier molecular flexibility index (Phi) is 8.73. The van der Waals surface area contributed by atoms with Gasteiger partial charge in [-0.15, -0.1) is 0 Å². The Bertz CT molecular complexity index is 1190. The molecule has 3 rings (SSSR count). The van der Waals surface area contributed by atoms with Crippen molar-refractivity contribution in [2.24, 2.45) is 4.99 Å². The zero-order chi connectivity index (χ0) is 23.1. The van der Waals surface area contributed by atoms with Crippen LogP contribution in [0.25, 0.3) is 10.2 Å². The van der Waals surface area contributed by atoms with Crippen molar-refractivity contribution in [3.8, 4) is 5.75 Å². The summed E-state index contributed by atoms with van der Waals surface area (Å²) in [5.74, 6) is -0.280. The number of ether oxygens (including phenoxy) is 2. The second-order valence-corrected chi connectivity index (χ2v) is 8.86. The lowest BCUT2D eigenvalue weighted by Crippen LogP contribution is -2.23. The van der Waals surface area contributed by atoms with Gasteiger partial charge in [0.15, 0.2) is 4.80 Å². The van der Waals surface area contributed by atoms with Crippen molar-refractivity contribution in [2.45, 2.75) is 39.7 Å². The molecule has 32 heavy (non-hydrogen) atoms. The van der Waals surface area contributed by atoms with Crippen LogP contribution < -0.4 is 9.54 Å². The SMILES string of the molecule is CCCCCOc1cccc(C(=O)N=c2sc3cc(Cl)cc(Cl)c3n2CC(=O)OCC)c1. The summed E-state index contributed by atoms with van der Waals surface area (Å²) in [4.78, 5) is 29.7. The molecule has 1 aromatic heterocycles. The molecule has 1 amide bonds. The summed E-state index contributed by atoms with van der Waals surface area (Å²) in [7, 11) is 0. The predicted octanol–water partition coefficient (Wildman–Crippen LogP) is 5.88. The quantitative estimate of drug-likeness (QED) is 0.275. The standard InChI is InChI=1S/C23H24Cl2N2O4S/c1-3-5-6-10-31-17-9-7-8-15(11-17)22(29)26-23-27(14-20(28)30-4-2)21-18(25)12-16(24)13-19(21)32-23/h7-9,11-13H,3-6,10,14H2,1-2H3. The summed E-state index contributed by atoms with van der Waals surface area (Å²) < 4.78 is 13.1. The third-order valence-electron chi connectivity index (χ3n) is 4.58. The number of amides is 1. The minimum absolute atomic E-state index is 0.123. The normalized spacial score (nSPS) is 11.7. The lowest BCUT2D eigenvalue weighted by Gasteiger charge is -2.07. The van der Waals surface area contributed by atoms with Gasteiger partial charge in [0.1, 0.15) is 12.3 Å². The van der Waals surface area contributed by atoms with Crippen LogP contribution in [0, 0.1) is 0 Å². The van der Waals surface area contributed by atoms with Gasteiger partial charge in [-0.1, -0.05) is 60.4 Å². The van der Waals surface area contributed by atoms with Crippen molar-refractivity contribution in [3.05, 3.63) is 56.8 Å². The number of aromatic nitrogens is 1. The summed E-state index contributed by atoms with van der Waals surface area (Å²) in [6.07, 6.45) is 3.15. The van der Waals surface area contributed by atoms with E-state index >= 15 is 0 Å². The molecule has 0 radical (unpaired) electrons. The average Bonchev–Trinajstić information content (AvgIpc) is 3.08. The zero-order valence-corrected chi connectivity index (χ0v) is 20.2. The fraction of sp³-hybridized carbons (Fsp3) is 0.348. The highest BCUT2D eigenvalue weighted by molar-refractivity contribution is 7.16. The van der Waals surface area contributed by atoms with Gasteiger partial charge in [0, 0.05) is 10.6 Å². The van der Waals surface area contributed by atoms with Gasteiger partial charge in [0.25, 0.3) is 5.91 Å². The van der Waals surface area contributed by atoms with E-state index in [1.165, 1.54) is 11.3 Å². The number of carbonyl (C=O) groups is 2. The molecule has 0 aliphatic heterocycles. The molecule has 2 aromatic carbocycles. The molecule has 0 atom stereocenters. The topological polar surface area (TPSA) is 69.9 Å². The summed E-state index contributed by atoms with van der Waals surface area (Å²) in [5, 5.41) is 0.822. The van der Waals surface area contributed by atoms with E-state index in [-0.39, 0.29) is 13.2 Å². The second kappa shape index (κ2) is 11.5. The monoisotopic (exact) mass is 494 g/mol. The maximum atomic E-state index is 12.9. The van der Waals surface area contributed by atoms with Crippen LogP contribution in [-0.4, -0.2) is 29.7 Å². The van der Waals surface area contributed by atoms with E-state index in [4.69, 9.17) is 32.7 Å². The van der Waals surface area contributed by atoms with Gasteiger partial charge >= 0.3 is 5.97 Å². The third kappa shape index (κ3) is 6.12. The molecule has 0 unspecified atom stereocenters. The fourth-order valence-corrected chi connectivity index (χ4v) is 4.92. The van der Waals surface area contributed by atoms with Crippen molar-refractivity contribution < 1.29 is 19.1 Å². The van der Waals surface area contributed by atoms with Crippen molar-refractivity contribution in [1.29, 1.82) is 0 Å². The third-order valence-corrected chi connectivity index (χ3v) is 6.11. The Morgan fingerprint density at radius 3 is 2.69 bits per heavy atom. The van der Waals surface area contributed by atoms with E-state index < -0.39 is 11.9 Å². The number of carbonyl (C=O) groups excluding carboxylic acids is 2. The number of hydrogen-bond donors (Lipinski definition) is 0. The molecular weight excluding hydrogens is 471 g/mol. The number of hydrogen-bond acceptors (Lipinski definition) is 5. The molecule has 3 aromatic rings. The number of fused-ring (bicyclic) bond motifs is 1. The molecule has 0 N–H and O–H groups in total. The number of unbranched alkanes of at least 4 members (excludes halogenated alkanes) is 2. The molecule has 6 nitrogen and oxygen atoms in total. The largest absolute Gasteiger partial charge is 0.494 e. The van der Waals surface area contributed by atoms with Crippen LogP contribution in [0.4, 0.5) is 0 Å². The molecule has 0 fully saturated rings. The maximum Gasteiger partial charge on any atom is 0.326 e. The Morgan fingerprint density at radius 1 is 1.12 bits per heavy atom. The van der Waals surface area contributed by atoms with Gasteiger partial charge in [-0.2, -0.15) is 4.99 Å². The molecular formula is C23H24Cl2N2O4S.